The van der Waals surface area contributed by atoms with E-state index in [0.29, 0.717) is 75.2 Å². The van der Waals surface area contributed by atoms with E-state index in [4.69, 9.17) is 18.9 Å². The maximum atomic E-state index is 12.0. The van der Waals surface area contributed by atoms with E-state index in [1.807, 2.05) is 50.2 Å². The summed E-state index contributed by atoms with van der Waals surface area (Å²) in [6.07, 6.45) is 0. The minimum atomic E-state index is -0.211. The summed E-state index contributed by atoms with van der Waals surface area (Å²) in [6.45, 7) is 7.16. The maximum Gasteiger partial charge on any atom is 0.251 e. The van der Waals surface area contributed by atoms with E-state index in [0.717, 1.165) is 11.3 Å². The van der Waals surface area contributed by atoms with E-state index >= 15 is 0 Å². The highest BCUT2D eigenvalue weighted by Gasteiger charge is 2.16. The first-order valence-electron chi connectivity index (χ1n) is 14.0. The van der Waals surface area contributed by atoms with Gasteiger partial charge in [0.05, 0.1) is 39.1 Å². The first-order chi connectivity index (χ1) is 20.5. The molecule has 1 atom stereocenters. The van der Waals surface area contributed by atoms with Gasteiger partial charge in [-0.2, -0.15) is 15.0 Å². The Kier molecular flexibility index (Phi) is 11.9. The number of carbonyl (C=O) groups is 1. The Morgan fingerprint density at radius 1 is 0.881 bits per heavy atom. The van der Waals surface area contributed by atoms with Gasteiger partial charge < -0.3 is 45.3 Å². The predicted octanol–water partition coefficient (Wildman–Crippen LogP) is 2.52. The number of benzene rings is 2. The number of carbonyl (C=O) groups excluding carboxylic acids is 1. The van der Waals surface area contributed by atoms with Gasteiger partial charge in [-0.15, -0.1) is 0 Å². The van der Waals surface area contributed by atoms with Crippen molar-refractivity contribution in [2.45, 2.75) is 26.4 Å². The van der Waals surface area contributed by atoms with Crippen LogP contribution in [0.1, 0.15) is 29.8 Å². The fraction of sp³-hybridized carbons (Fsp3) is 0.448. The zero-order valence-corrected chi connectivity index (χ0v) is 24.0. The highest BCUT2D eigenvalue weighted by molar-refractivity contribution is 5.94. The van der Waals surface area contributed by atoms with Crippen LogP contribution >= 0.6 is 0 Å². The van der Waals surface area contributed by atoms with Crippen molar-refractivity contribution in [2.75, 3.05) is 68.9 Å². The van der Waals surface area contributed by atoms with Crippen LogP contribution in [-0.2, 0) is 16.0 Å². The van der Waals surface area contributed by atoms with Crippen LogP contribution in [0.3, 0.4) is 0 Å². The SMILES string of the molecule is CC(C)[C@@H](CO)Nc1nc(NCCOCCOCCNC(=O)c2ccccc2)nc(NCc2ccc3c(c2)OCO3)n1. The number of aromatic nitrogens is 3. The molecule has 2 aromatic carbocycles. The Balaban J connectivity index is 1.19. The second-order valence-electron chi connectivity index (χ2n) is 9.80. The second-order valence-corrected chi connectivity index (χ2v) is 9.80. The van der Waals surface area contributed by atoms with Crippen LogP contribution < -0.4 is 30.7 Å². The summed E-state index contributed by atoms with van der Waals surface area (Å²) in [5, 5.41) is 22.2. The Morgan fingerprint density at radius 2 is 1.57 bits per heavy atom. The molecule has 0 fully saturated rings. The molecule has 0 bridgehead atoms. The van der Waals surface area contributed by atoms with E-state index < -0.39 is 0 Å². The van der Waals surface area contributed by atoms with Gasteiger partial charge in [0.15, 0.2) is 11.5 Å². The highest BCUT2D eigenvalue weighted by Crippen LogP contribution is 2.32. The molecule has 226 valence electrons. The molecule has 1 aliphatic rings. The molecule has 0 radical (unpaired) electrons. The van der Waals surface area contributed by atoms with Crippen LogP contribution in [0.4, 0.5) is 17.8 Å². The van der Waals surface area contributed by atoms with Gasteiger partial charge in [0.1, 0.15) is 0 Å². The van der Waals surface area contributed by atoms with E-state index in [1.165, 1.54) is 0 Å². The zero-order valence-electron chi connectivity index (χ0n) is 24.0. The summed E-state index contributed by atoms with van der Waals surface area (Å²) in [7, 11) is 0. The number of nitrogens with one attached hydrogen (secondary N) is 4. The number of aliphatic hydroxyl groups is 1. The summed E-state index contributed by atoms with van der Waals surface area (Å²) >= 11 is 0. The topological polar surface area (TPSA) is 161 Å². The molecule has 0 unspecified atom stereocenters. The lowest BCUT2D eigenvalue weighted by molar-refractivity contribution is 0.0519. The molecule has 0 spiro atoms. The Morgan fingerprint density at radius 3 is 2.31 bits per heavy atom. The third-order valence-electron chi connectivity index (χ3n) is 6.31. The standard InChI is InChI=1S/C29H39N7O6/c1-20(2)23(18-37)33-29-35-27(34-28(36-29)32-17-21-8-9-24-25(16-21)42-19-41-24)31-11-13-40-15-14-39-12-10-30-26(38)22-6-4-3-5-7-22/h3-9,16,20,23,37H,10-15,17-19H2,1-2H3,(H,30,38)(H3,31,32,33,34,35,36)/t23-/m1/s1. The molecular weight excluding hydrogens is 542 g/mol. The number of amides is 1. The Labute approximate surface area is 245 Å². The highest BCUT2D eigenvalue weighted by atomic mass is 16.7. The van der Waals surface area contributed by atoms with Crippen molar-refractivity contribution in [1.82, 2.24) is 20.3 Å². The van der Waals surface area contributed by atoms with Crippen molar-refractivity contribution in [2.24, 2.45) is 5.92 Å². The van der Waals surface area contributed by atoms with Crippen LogP contribution in [0.2, 0.25) is 0 Å². The third-order valence-corrected chi connectivity index (χ3v) is 6.31. The molecule has 2 heterocycles. The predicted molar refractivity (Wildman–Crippen MR) is 158 cm³/mol. The number of nitrogens with zero attached hydrogens (tertiary/aromatic N) is 3. The first-order valence-corrected chi connectivity index (χ1v) is 14.0. The molecular formula is C29H39N7O6. The van der Waals surface area contributed by atoms with E-state index in [2.05, 4.69) is 36.2 Å². The largest absolute Gasteiger partial charge is 0.454 e. The minimum absolute atomic E-state index is 0.0542. The monoisotopic (exact) mass is 581 g/mol. The molecule has 3 aromatic rings. The summed E-state index contributed by atoms with van der Waals surface area (Å²) in [5.74, 6) is 2.57. The van der Waals surface area contributed by atoms with Crippen LogP contribution in [-0.4, -0.2) is 84.9 Å². The summed E-state index contributed by atoms with van der Waals surface area (Å²) in [4.78, 5) is 25.4. The Bertz CT molecular complexity index is 1260. The average molecular weight is 582 g/mol. The van der Waals surface area contributed by atoms with Crippen molar-refractivity contribution in [3.8, 4) is 11.5 Å². The zero-order chi connectivity index (χ0) is 29.6. The van der Waals surface area contributed by atoms with Gasteiger partial charge in [0.25, 0.3) is 5.91 Å². The van der Waals surface area contributed by atoms with Gasteiger partial charge in [-0.3, -0.25) is 4.79 Å². The number of anilines is 3. The smallest absolute Gasteiger partial charge is 0.251 e. The summed E-state index contributed by atoms with van der Waals surface area (Å²) in [6, 6.07) is 14.6. The fourth-order valence-corrected chi connectivity index (χ4v) is 3.90. The van der Waals surface area contributed by atoms with Crippen LogP contribution in [0.25, 0.3) is 0 Å². The van der Waals surface area contributed by atoms with E-state index in [-0.39, 0.29) is 31.3 Å². The second kappa shape index (κ2) is 16.3. The van der Waals surface area contributed by atoms with Crippen LogP contribution in [0.5, 0.6) is 11.5 Å². The van der Waals surface area contributed by atoms with E-state index in [9.17, 15) is 9.90 Å². The van der Waals surface area contributed by atoms with Gasteiger partial charge in [-0.05, 0) is 35.7 Å². The van der Waals surface area contributed by atoms with Crippen molar-refractivity contribution in [3.63, 3.8) is 0 Å². The van der Waals surface area contributed by atoms with Gasteiger partial charge in [-0.1, -0.05) is 38.1 Å². The molecule has 13 nitrogen and oxygen atoms in total. The fourth-order valence-electron chi connectivity index (χ4n) is 3.90. The first kappa shape index (κ1) is 30.8. The Hall–Kier alpha value is -4.20. The molecule has 5 N–H and O–H groups in total. The van der Waals surface area contributed by atoms with Gasteiger partial charge in [0.2, 0.25) is 24.6 Å². The number of hydrogen-bond donors (Lipinski definition) is 5. The number of fused-ring (bicyclic) bond motifs is 1. The molecule has 0 aliphatic carbocycles. The third kappa shape index (κ3) is 9.72. The molecule has 0 saturated carbocycles. The molecule has 4 rings (SSSR count). The van der Waals surface area contributed by atoms with Crippen molar-refractivity contribution < 1.29 is 28.8 Å². The number of ether oxygens (including phenoxy) is 4. The molecule has 1 aliphatic heterocycles. The van der Waals surface area contributed by atoms with Gasteiger partial charge in [-0.25, -0.2) is 0 Å². The molecule has 0 saturated heterocycles. The number of hydrogen-bond acceptors (Lipinski definition) is 12. The van der Waals surface area contributed by atoms with E-state index in [1.54, 1.807) is 12.1 Å². The normalized spacial score (nSPS) is 12.7. The number of aliphatic hydroxyl groups excluding tert-OH is 1. The van der Waals surface area contributed by atoms with Crippen molar-refractivity contribution in [3.05, 3.63) is 59.7 Å². The number of rotatable bonds is 18. The minimum Gasteiger partial charge on any atom is -0.454 e. The summed E-state index contributed by atoms with van der Waals surface area (Å²) in [5.41, 5.74) is 1.60. The molecule has 42 heavy (non-hydrogen) atoms. The molecule has 1 aromatic heterocycles. The molecule has 1 amide bonds. The van der Waals surface area contributed by atoms with Crippen LogP contribution in [0, 0.1) is 5.92 Å². The van der Waals surface area contributed by atoms with Crippen molar-refractivity contribution in [1.29, 1.82) is 0 Å². The lowest BCUT2D eigenvalue weighted by atomic mass is 10.1. The quantitative estimate of drug-likeness (QED) is 0.140. The lowest BCUT2D eigenvalue weighted by Gasteiger charge is -2.20. The van der Waals surface area contributed by atoms with Crippen molar-refractivity contribution >= 4 is 23.8 Å². The molecule has 13 heteroatoms. The average Bonchev–Trinajstić information content (AvgIpc) is 3.48. The van der Waals surface area contributed by atoms with Gasteiger partial charge in [0, 0.05) is 25.2 Å². The lowest BCUT2D eigenvalue weighted by Crippen LogP contribution is -2.30. The van der Waals surface area contributed by atoms with Crippen LogP contribution in [0.15, 0.2) is 48.5 Å². The maximum absolute atomic E-state index is 12.0. The van der Waals surface area contributed by atoms with Gasteiger partial charge >= 0.3 is 0 Å². The summed E-state index contributed by atoms with van der Waals surface area (Å²) < 4.78 is 22.0.